The van der Waals surface area contributed by atoms with Crippen LogP contribution in [0.1, 0.15) is 24.0 Å². The third-order valence-electron chi connectivity index (χ3n) is 5.53. The highest BCUT2D eigenvalue weighted by molar-refractivity contribution is 7.88. The predicted molar refractivity (Wildman–Crippen MR) is 120 cm³/mol. The Morgan fingerprint density at radius 2 is 1.81 bits per heavy atom. The average molecular weight is 447 g/mol. The van der Waals surface area contributed by atoms with Gasteiger partial charge in [0.2, 0.25) is 15.9 Å². The molecule has 0 aromatic heterocycles. The van der Waals surface area contributed by atoms with Crippen molar-refractivity contribution in [1.29, 1.82) is 0 Å². The smallest absolute Gasteiger partial charge is 0.223 e. The standard InChI is InChI=1S/C23H30N2O5S/c1-18-6-3-4-7-20(18)17-31(27,28)25-13-10-19(11-14-25)23(26)24-12-15-30-22-9-5-8-21(16-22)29-2/h3-9,16,19H,10-15,17H2,1-2H3,(H,24,26). The largest absolute Gasteiger partial charge is 0.497 e. The number of aryl methyl sites for hydroxylation is 1. The molecule has 31 heavy (non-hydrogen) atoms. The lowest BCUT2D eigenvalue weighted by atomic mass is 9.97. The number of carbonyl (C=O) groups excluding carboxylic acids is 1. The number of hydrogen-bond acceptors (Lipinski definition) is 5. The Balaban J connectivity index is 1.41. The fourth-order valence-corrected chi connectivity index (χ4v) is 5.30. The third-order valence-corrected chi connectivity index (χ3v) is 7.36. The molecule has 3 rings (SSSR count). The number of sulfonamides is 1. The third kappa shape index (κ3) is 6.45. The van der Waals surface area contributed by atoms with Gasteiger partial charge in [-0.05, 0) is 43.0 Å². The van der Waals surface area contributed by atoms with Crippen molar-refractivity contribution in [3.8, 4) is 11.5 Å². The molecule has 7 nitrogen and oxygen atoms in total. The van der Waals surface area contributed by atoms with Crippen molar-refractivity contribution in [3.63, 3.8) is 0 Å². The summed E-state index contributed by atoms with van der Waals surface area (Å²) in [5, 5.41) is 2.89. The number of amides is 1. The zero-order valence-electron chi connectivity index (χ0n) is 18.0. The van der Waals surface area contributed by atoms with E-state index in [1.165, 1.54) is 4.31 Å². The molecule has 0 aliphatic carbocycles. The van der Waals surface area contributed by atoms with Crippen LogP contribution in [0.4, 0.5) is 0 Å². The summed E-state index contributed by atoms with van der Waals surface area (Å²) in [5.41, 5.74) is 1.79. The quantitative estimate of drug-likeness (QED) is 0.599. The van der Waals surface area contributed by atoms with Gasteiger partial charge < -0.3 is 14.8 Å². The van der Waals surface area contributed by atoms with Crippen LogP contribution in [0.5, 0.6) is 11.5 Å². The number of carbonyl (C=O) groups is 1. The van der Waals surface area contributed by atoms with E-state index in [2.05, 4.69) is 5.32 Å². The summed E-state index contributed by atoms with van der Waals surface area (Å²) in [6.07, 6.45) is 1.05. The van der Waals surface area contributed by atoms with Crippen molar-refractivity contribution in [2.45, 2.75) is 25.5 Å². The van der Waals surface area contributed by atoms with Gasteiger partial charge in [-0.15, -0.1) is 0 Å². The second-order valence-corrected chi connectivity index (χ2v) is 9.64. The molecule has 1 heterocycles. The molecule has 1 amide bonds. The van der Waals surface area contributed by atoms with Crippen LogP contribution in [0, 0.1) is 12.8 Å². The zero-order valence-corrected chi connectivity index (χ0v) is 18.9. The number of nitrogens with zero attached hydrogens (tertiary/aromatic N) is 1. The molecule has 1 fully saturated rings. The van der Waals surface area contributed by atoms with Gasteiger partial charge in [0.1, 0.15) is 18.1 Å². The Bertz CT molecular complexity index is 985. The van der Waals surface area contributed by atoms with Gasteiger partial charge in [-0.3, -0.25) is 4.79 Å². The van der Waals surface area contributed by atoms with Gasteiger partial charge in [0.15, 0.2) is 0 Å². The van der Waals surface area contributed by atoms with Gasteiger partial charge in [0, 0.05) is 25.1 Å². The molecule has 0 unspecified atom stereocenters. The molecule has 0 radical (unpaired) electrons. The summed E-state index contributed by atoms with van der Waals surface area (Å²) in [6.45, 7) is 3.39. The lowest BCUT2D eigenvalue weighted by Crippen LogP contribution is -2.44. The Labute approximate surface area is 184 Å². The van der Waals surface area contributed by atoms with Crippen molar-refractivity contribution in [2.75, 3.05) is 33.4 Å². The van der Waals surface area contributed by atoms with Crippen LogP contribution >= 0.6 is 0 Å². The number of piperidine rings is 1. The predicted octanol–water partition coefficient (Wildman–Crippen LogP) is 2.74. The topological polar surface area (TPSA) is 84.9 Å². The number of methoxy groups -OCH3 is 1. The minimum Gasteiger partial charge on any atom is -0.497 e. The maximum Gasteiger partial charge on any atom is 0.223 e. The van der Waals surface area contributed by atoms with E-state index < -0.39 is 10.0 Å². The van der Waals surface area contributed by atoms with E-state index in [4.69, 9.17) is 9.47 Å². The summed E-state index contributed by atoms with van der Waals surface area (Å²) in [4.78, 5) is 12.4. The summed E-state index contributed by atoms with van der Waals surface area (Å²) >= 11 is 0. The molecule has 0 atom stereocenters. The van der Waals surface area contributed by atoms with Crippen LogP contribution < -0.4 is 14.8 Å². The number of ether oxygens (including phenoxy) is 2. The highest BCUT2D eigenvalue weighted by Gasteiger charge is 2.31. The summed E-state index contributed by atoms with van der Waals surface area (Å²) in [7, 11) is -1.80. The van der Waals surface area contributed by atoms with Crippen LogP contribution in [0.15, 0.2) is 48.5 Å². The maximum atomic E-state index is 12.8. The molecule has 1 N–H and O–H groups in total. The first-order valence-corrected chi connectivity index (χ1v) is 12.1. The van der Waals surface area contributed by atoms with Gasteiger partial charge in [-0.25, -0.2) is 12.7 Å². The molecule has 2 aromatic carbocycles. The first kappa shape index (κ1) is 23.1. The summed E-state index contributed by atoms with van der Waals surface area (Å²) < 4.78 is 37.8. The van der Waals surface area contributed by atoms with E-state index in [0.29, 0.717) is 50.6 Å². The fraction of sp³-hybridized carbons (Fsp3) is 0.435. The molecule has 168 valence electrons. The molecule has 2 aromatic rings. The number of rotatable bonds is 9. The monoisotopic (exact) mass is 446 g/mol. The molecular weight excluding hydrogens is 416 g/mol. The minimum absolute atomic E-state index is 0.00184. The first-order chi connectivity index (χ1) is 14.9. The van der Waals surface area contributed by atoms with Crippen molar-refractivity contribution < 1.29 is 22.7 Å². The van der Waals surface area contributed by atoms with Crippen molar-refractivity contribution in [2.24, 2.45) is 5.92 Å². The molecule has 8 heteroatoms. The molecular formula is C23H30N2O5S. The van der Waals surface area contributed by atoms with Gasteiger partial charge in [0.25, 0.3) is 0 Å². The second-order valence-electron chi connectivity index (χ2n) is 7.67. The highest BCUT2D eigenvalue weighted by atomic mass is 32.2. The maximum absolute atomic E-state index is 12.8. The molecule has 1 aliphatic rings. The van der Waals surface area contributed by atoms with E-state index in [9.17, 15) is 13.2 Å². The summed E-state index contributed by atoms with van der Waals surface area (Å²) in [5.74, 6) is 1.16. The van der Waals surface area contributed by atoms with Gasteiger partial charge in [0.05, 0.1) is 19.4 Å². The molecule has 1 saturated heterocycles. The molecule has 0 bridgehead atoms. The number of nitrogens with one attached hydrogen (secondary N) is 1. The van der Waals surface area contributed by atoms with Crippen molar-refractivity contribution >= 4 is 15.9 Å². The van der Waals surface area contributed by atoms with E-state index in [0.717, 1.165) is 11.1 Å². The van der Waals surface area contributed by atoms with E-state index in [-0.39, 0.29) is 17.6 Å². The lowest BCUT2D eigenvalue weighted by molar-refractivity contribution is -0.126. The van der Waals surface area contributed by atoms with E-state index in [1.807, 2.05) is 49.4 Å². The Morgan fingerprint density at radius 3 is 2.52 bits per heavy atom. The van der Waals surface area contributed by atoms with Crippen LogP contribution in [0.25, 0.3) is 0 Å². The minimum atomic E-state index is -3.39. The highest BCUT2D eigenvalue weighted by Crippen LogP contribution is 2.23. The number of benzene rings is 2. The summed E-state index contributed by atoms with van der Waals surface area (Å²) in [6, 6.07) is 14.8. The van der Waals surface area contributed by atoms with E-state index >= 15 is 0 Å². The van der Waals surface area contributed by atoms with Crippen LogP contribution in [-0.2, 0) is 20.6 Å². The Hall–Kier alpha value is -2.58. The molecule has 0 saturated carbocycles. The Kier molecular flexibility index (Phi) is 7.92. The lowest BCUT2D eigenvalue weighted by Gasteiger charge is -2.30. The second kappa shape index (κ2) is 10.6. The normalized spacial score (nSPS) is 15.4. The molecule has 1 aliphatic heterocycles. The fourth-order valence-electron chi connectivity index (χ4n) is 3.63. The zero-order chi connectivity index (χ0) is 22.3. The Morgan fingerprint density at radius 1 is 1.10 bits per heavy atom. The van der Waals surface area contributed by atoms with Crippen LogP contribution in [0.2, 0.25) is 0 Å². The average Bonchev–Trinajstić information content (AvgIpc) is 2.78. The molecule has 0 spiro atoms. The van der Waals surface area contributed by atoms with Crippen molar-refractivity contribution in [1.82, 2.24) is 9.62 Å². The number of hydrogen-bond donors (Lipinski definition) is 1. The van der Waals surface area contributed by atoms with Gasteiger partial charge in [-0.1, -0.05) is 30.3 Å². The first-order valence-electron chi connectivity index (χ1n) is 10.5. The van der Waals surface area contributed by atoms with E-state index in [1.54, 1.807) is 13.2 Å². The van der Waals surface area contributed by atoms with Crippen LogP contribution in [0.3, 0.4) is 0 Å². The van der Waals surface area contributed by atoms with Crippen molar-refractivity contribution in [3.05, 3.63) is 59.7 Å². The van der Waals surface area contributed by atoms with Gasteiger partial charge in [-0.2, -0.15) is 0 Å². The van der Waals surface area contributed by atoms with Crippen LogP contribution in [-0.4, -0.2) is 52.0 Å². The van der Waals surface area contributed by atoms with Gasteiger partial charge >= 0.3 is 0 Å². The SMILES string of the molecule is COc1cccc(OCCNC(=O)C2CCN(S(=O)(=O)Cc3ccccc3C)CC2)c1.